The van der Waals surface area contributed by atoms with Gasteiger partial charge in [0.1, 0.15) is 12.3 Å². The van der Waals surface area contributed by atoms with E-state index in [4.69, 9.17) is 4.74 Å². The molecule has 1 saturated heterocycles. The second-order valence-corrected chi connectivity index (χ2v) is 10.5. The van der Waals surface area contributed by atoms with E-state index in [0.717, 1.165) is 27.5 Å². The molecule has 0 atom stereocenters. The molecular formula is C27H29N3O5S. The van der Waals surface area contributed by atoms with E-state index in [1.165, 1.54) is 19.2 Å². The van der Waals surface area contributed by atoms with Crippen molar-refractivity contribution < 1.29 is 22.7 Å². The van der Waals surface area contributed by atoms with E-state index < -0.39 is 22.5 Å². The Hall–Kier alpha value is -3.85. The van der Waals surface area contributed by atoms with Crippen molar-refractivity contribution >= 4 is 33.2 Å². The quantitative estimate of drug-likeness (QED) is 0.477. The molecule has 1 aliphatic heterocycles. The molecule has 188 valence electrons. The lowest BCUT2D eigenvalue weighted by atomic mass is 10.2. The number of hydrogen-bond acceptors (Lipinski definition) is 5. The first kappa shape index (κ1) is 25.2. The summed E-state index contributed by atoms with van der Waals surface area (Å²) in [6, 6.07) is 20.6. The van der Waals surface area contributed by atoms with Gasteiger partial charge >= 0.3 is 0 Å². The number of carbonyl (C=O) groups is 2. The van der Waals surface area contributed by atoms with Gasteiger partial charge in [-0.3, -0.25) is 13.9 Å². The van der Waals surface area contributed by atoms with Gasteiger partial charge in [-0.1, -0.05) is 36.4 Å². The number of anilines is 2. The molecule has 9 heteroatoms. The van der Waals surface area contributed by atoms with Gasteiger partial charge in [0, 0.05) is 25.2 Å². The monoisotopic (exact) mass is 507 g/mol. The number of aryl methyl sites for hydroxylation is 1. The Bertz CT molecular complexity index is 1360. The van der Waals surface area contributed by atoms with Crippen molar-refractivity contribution in [2.45, 2.75) is 31.2 Å². The predicted octanol–water partition coefficient (Wildman–Crippen LogP) is 3.64. The number of carbonyl (C=O) groups excluding carboxylic acids is 2. The highest BCUT2D eigenvalue weighted by Gasteiger charge is 2.29. The zero-order valence-corrected chi connectivity index (χ0v) is 21.1. The van der Waals surface area contributed by atoms with Crippen LogP contribution in [-0.4, -0.2) is 40.4 Å². The highest BCUT2D eigenvalue weighted by Crippen LogP contribution is 2.33. The molecule has 2 amide bonds. The van der Waals surface area contributed by atoms with Crippen LogP contribution in [0.3, 0.4) is 0 Å². The van der Waals surface area contributed by atoms with E-state index in [2.05, 4.69) is 5.32 Å². The molecule has 1 fully saturated rings. The highest BCUT2D eigenvalue weighted by molar-refractivity contribution is 7.92. The van der Waals surface area contributed by atoms with Gasteiger partial charge < -0.3 is 15.0 Å². The summed E-state index contributed by atoms with van der Waals surface area (Å²) in [5.74, 6) is -0.0401. The molecule has 0 radical (unpaired) electrons. The van der Waals surface area contributed by atoms with Gasteiger partial charge in [-0.05, 0) is 60.9 Å². The largest absolute Gasteiger partial charge is 0.495 e. The number of nitrogens with zero attached hydrogens (tertiary/aromatic N) is 2. The van der Waals surface area contributed by atoms with Crippen molar-refractivity contribution in [1.29, 1.82) is 0 Å². The SMILES string of the molecule is COc1ccc(C)cc1N(CC(=O)NCc1cccc(N2CCCC2=O)c1)S(=O)(=O)c1ccccc1. The van der Waals surface area contributed by atoms with E-state index in [1.807, 2.05) is 37.3 Å². The lowest BCUT2D eigenvalue weighted by Gasteiger charge is -2.26. The molecule has 1 aliphatic rings. The first-order chi connectivity index (χ1) is 17.3. The minimum atomic E-state index is -4.06. The van der Waals surface area contributed by atoms with Gasteiger partial charge in [0.05, 0.1) is 17.7 Å². The van der Waals surface area contributed by atoms with Crippen molar-refractivity contribution in [2.75, 3.05) is 29.4 Å². The summed E-state index contributed by atoms with van der Waals surface area (Å²) in [5.41, 5.74) is 2.71. The van der Waals surface area contributed by atoms with Crippen molar-refractivity contribution in [3.05, 3.63) is 83.9 Å². The van der Waals surface area contributed by atoms with Crippen molar-refractivity contribution in [2.24, 2.45) is 0 Å². The maximum absolute atomic E-state index is 13.6. The highest BCUT2D eigenvalue weighted by atomic mass is 32.2. The van der Waals surface area contributed by atoms with Gasteiger partial charge in [0.2, 0.25) is 11.8 Å². The molecule has 0 aliphatic carbocycles. The van der Waals surface area contributed by atoms with Crippen LogP contribution in [0.5, 0.6) is 5.75 Å². The molecule has 4 rings (SSSR count). The van der Waals surface area contributed by atoms with Crippen molar-refractivity contribution in [1.82, 2.24) is 5.32 Å². The summed E-state index contributed by atoms with van der Waals surface area (Å²) in [7, 11) is -2.60. The normalized spacial score (nSPS) is 13.5. The fourth-order valence-corrected chi connectivity index (χ4v) is 5.60. The molecule has 3 aromatic rings. The van der Waals surface area contributed by atoms with Crippen LogP contribution in [-0.2, 0) is 26.2 Å². The van der Waals surface area contributed by atoms with E-state index >= 15 is 0 Å². The maximum Gasteiger partial charge on any atom is 0.264 e. The van der Waals surface area contributed by atoms with E-state index in [0.29, 0.717) is 18.7 Å². The molecule has 36 heavy (non-hydrogen) atoms. The molecule has 1 heterocycles. The third kappa shape index (κ3) is 5.52. The molecule has 0 unspecified atom stereocenters. The standard InChI is InChI=1S/C27H29N3O5S/c1-20-13-14-25(35-2)24(16-20)30(36(33,34)23-10-4-3-5-11-23)19-26(31)28-18-21-8-6-9-22(17-21)29-15-7-12-27(29)32/h3-6,8-11,13-14,16-17H,7,12,15,18-19H2,1-2H3,(H,28,31). The Morgan fingerprint density at radius 1 is 1.06 bits per heavy atom. The Balaban J connectivity index is 1.57. The Kier molecular flexibility index (Phi) is 7.59. The maximum atomic E-state index is 13.6. The average molecular weight is 508 g/mol. The van der Waals surface area contributed by atoms with Gasteiger partial charge in [-0.15, -0.1) is 0 Å². The van der Waals surface area contributed by atoms with E-state index in [-0.39, 0.29) is 23.0 Å². The zero-order chi connectivity index (χ0) is 25.7. The molecule has 3 aromatic carbocycles. The van der Waals surface area contributed by atoms with Crippen LogP contribution in [0.25, 0.3) is 0 Å². The summed E-state index contributed by atoms with van der Waals surface area (Å²) in [5, 5.41) is 2.81. The summed E-state index contributed by atoms with van der Waals surface area (Å²) in [4.78, 5) is 26.9. The molecule has 8 nitrogen and oxygen atoms in total. The Morgan fingerprint density at radius 3 is 2.53 bits per heavy atom. The number of methoxy groups -OCH3 is 1. The van der Waals surface area contributed by atoms with Crippen LogP contribution in [0.1, 0.15) is 24.0 Å². The summed E-state index contributed by atoms with van der Waals surface area (Å²) < 4.78 is 33.7. The molecule has 0 saturated carbocycles. The number of nitrogens with one attached hydrogen (secondary N) is 1. The Morgan fingerprint density at radius 2 is 1.83 bits per heavy atom. The number of sulfonamides is 1. The molecular weight excluding hydrogens is 478 g/mol. The third-order valence-corrected chi connectivity index (χ3v) is 7.78. The van der Waals surface area contributed by atoms with Crippen molar-refractivity contribution in [3.63, 3.8) is 0 Å². The summed E-state index contributed by atoms with van der Waals surface area (Å²) >= 11 is 0. The summed E-state index contributed by atoms with van der Waals surface area (Å²) in [6.07, 6.45) is 1.36. The number of ether oxygens (including phenoxy) is 1. The lowest BCUT2D eigenvalue weighted by molar-refractivity contribution is -0.120. The lowest BCUT2D eigenvalue weighted by Crippen LogP contribution is -2.41. The smallest absolute Gasteiger partial charge is 0.264 e. The molecule has 1 N–H and O–H groups in total. The third-order valence-electron chi connectivity index (χ3n) is 6.01. The van der Waals surface area contributed by atoms with Crippen LogP contribution < -0.4 is 19.3 Å². The molecule has 0 spiro atoms. The van der Waals surface area contributed by atoms with Crippen LogP contribution in [0, 0.1) is 6.92 Å². The van der Waals surface area contributed by atoms with Gasteiger partial charge in [0.25, 0.3) is 10.0 Å². The topological polar surface area (TPSA) is 96.0 Å². The van der Waals surface area contributed by atoms with Crippen LogP contribution in [0.4, 0.5) is 11.4 Å². The Labute approximate surface area is 211 Å². The number of hydrogen-bond donors (Lipinski definition) is 1. The number of rotatable bonds is 9. The zero-order valence-electron chi connectivity index (χ0n) is 20.3. The fourth-order valence-electron chi connectivity index (χ4n) is 4.16. The van der Waals surface area contributed by atoms with Crippen LogP contribution in [0.2, 0.25) is 0 Å². The van der Waals surface area contributed by atoms with Crippen LogP contribution in [0.15, 0.2) is 77.7 Å². The number of amides is 2. The van der Waals surface area contributed by atoms with E-state index in [1.54, 1.807) is 35.2 Å². The second-order valence-electron chi connectivity index (χ2n) is 8.60. The second kappa shape index (κ2) is 10.8. The van der Waals surface area contributed by atoms with Gasteiger partial charge in [-0.2, -0.15) is 0 Å². The molecule has 0 bridgehead atoms. The number of benzene rings is 3. The fraction of sp³-hybridized carbons (Fsp3) is 0.259. The predicted molar refractivity (Wildman–Crippen MR) is 139 cm³/mol. The van der Waals surface area contributed by atoms with E-state index in [9.17, 15) is 18.0 Å². The van der Waals surface area contributed by atoms with Gasteiger partial charge in [0.15, 0.2) is 0 Å². The first-order valence-corrected chi connectivity index (χ1v) is 13.1. The molecule has 0 aromatic heterocycles. The minimum absolute atomic E-state index is 0.0735. The van der Waals surface area contributed by atoms with Crippen molar-refractivity contribution in [3.8, 4) is 5.75 Å². The minimum Gasteiger partial charge on any atom is -0.495 e. The average Bonchev–Trinajstić information content (AvgIpc) is 3.32. The van der Waals surface area contributed by atoms with Crippen LogP contribution >= 0.6 is 0 Å². The summed E-state index contributed by atoms with van der Waals surface area (Å²) in [6.45, 7) is 2.29. The van der Waals surface area contributed by atoms with Gasteiger partial charge in [-0.25, -0.2) is 8.42 Å². The first-order valence-electron chi connectivity index (χ1n) is 11.7.